The summed E-state index contributed by atoms with van der Waals surface area (Å²) < 4.78 is 0. The minimum Gasteiger partial charge on any atom is -0.368 e. The number of carbonyl (C=O) groups excluding carboxylic acids is 1. The summed E-state index contributed by atoms with van der Waals surface area (Å²) in [5.74, 6) is -0.0881. The summed E-state index contributed by atoms with van der Waals surface area (Å²) in [4.78, 5) is 32.0. The number of nitro benzene ring substituents is 1. The fraction of sp³-hybridized carbons (Fsp3) is 0.400. The van der Waals surface area contributed by atoms with Crippen molar-refractivity contribution in [3.8, 4) is 0 Å². The van der Waals surface area contributed by atoms with E-state index in [0.717, 1.165) is 24.2 Å². The van der Waals surface area contributed by atoms with Crippen molar-refractivity contribution in [2.45, 2.75) is 25.7 Å². The monoisotopic (exact) mass is 368 g/mol. The molecule has 142 valence electrons. The number of non-ortho nitro benzene ring substituents is 1. The first-order chi connectivity index (χ1) is 13.1. The minimum absolute atomic E-state index is 0.0872. The summed E-state index contributed by atoms with van der Waals surface area (Å²) in [5, 5.41) is 11.0. The molecule has 3 rings (SSSR count). The third-order valence-electron chi connectivity index (χ3n) is 4.92. The average Bonchev–Trinajstić information content (AvgIpc) is 2.72. The first kappa shape index (κ1) is 18.8. The first-order valence-electron chi connectivity index (χ1n) is 9.29. The molecule has 1 saturated heterocycles. The molecule has 1 aliphatic rings. The van der Waals surface area contributed by atoms with Crippen molar-refractivity contribution in [1.29, 1.82) is 0 Å². The van der Waals surface area contributed by atoms with Crippen LogP contribution in [-0.4, -0.2) is 46.9 Å². The summed E-state index contributed by atoms with van der Waals surface area (Å²) in [6.45, 7) is 4.61. The summed E-state index contributed by atoms with van der Waals surface area (Å²) in [5.41, 5.74) is 1.74. The van der Waals surface area contributed by atoms with Gasteiger partial charge in [-0.1, -0.05) is 25.5 Å². The summed E-state index contributed by atoms with van der Waals surface area (Å²) in [6, 6.07) is 12.3. The molecule has 1 aromatic carbocycles. The van der Waals surface area contributed by atoms with E-state index in [9.17, 15) is 14.9 Å². The Hall–Kier alpha value is -2.96. The second-order valence-corrected chi connectivity index (χ2v) is 6.69. The summed E-state index contributed by atoms with van der Waals surface area (Å²) in [6.07, 6.45) is 3.42. The van der Waals surface area contributed by atoms with Crippen LogP contribution in [0.2, 0.25) is 0 Å². The van der Waals surface area contributed by atoms with Gasteiger partial charge in [-0.05, 0) is 24.6 Å². The molecule has 0 aliphatic carbocycles. The van der Waals surface area contributed by atoms with Crippen molar-refractivity contribution in [1.82, 2.24) is 9.88 Å². The van der Waals surface area contributed by atoms with E-state index in [4.69, 9.17) is 0 Å². The molecule has 0 unspecified atom stereocenters. The van der Waals surface area contributed by atoms with Crippen LogP contribution in [0.3, 0.4) is 0 Å². The number of aromatic nitrogens is 1. The normalized spacial score (nSPS) is 15.4. The van der Waals surface area contributed by atoms with Crippen molar-refractivity contribution in [3.05, 3.63) is 64.5 Å². The molecule has 0 bridgehead atoms. The largest absolute Gasteiger partial charge is 0.368 e. The number of anilines is 1. The molecule has 7 nitrogen and oxygen atoms in total. The van der Waals surface area contributed by atoms with Gasteiger partial charge in [0.1, 0.15) is 0 Å². The Bertz CT molecular complexity index is 789. The maximum Gasteiger partial charge on any atom is 0.271 e. The van der Waals surface area contributed by atoms with E-state index in [1.165, 1.54) is 6.07 Å². The maximum atomic E-state index is 13.1. The van der Waals surface area contributed by atoms with Crippen LogP contribution in [-0.2, 0) is 4.79 Å². The molecule has 0 N–H and O–H groups in total. The van der Waals surface area contributed by atoms with Gasteiger partial charge >= 0.3 is 0 Å². The fourth-order valence-corrected chi connectivity index (χ4v) is 3.48. The zero-order chi connectivity index (χ0) is 19.2. The number of nitrogens with zero attached hydrogens (tertiary/aromatic N) is 4. The summed E-state index contributed by atoms with van der Waals surface area (Å²) in [7, 11) is 0. The van der Waals surface area contributed by atoms with Gasteiger partial charge in [-0.15, -0.1) is 0 Å². The van der Waals surface area contributed by atoms with Gasteiger partial charge in [0.2, 0.25) is 5.91 Å². The third kappa shape index (κ3) is 4.42. The van der Waals surface area contributed by atoms with Crippen LogP contribution in [0.5, 0.6) is 0 Å². The average molecular weight is 368 g/mol. The number of piperazine rings is 1. The van der Waals surface area contributed by atoms with Gasteiger partial charge in [-0.2, -0.15) is 0 Å². The smallest absolute Gasteiger partial charge is 0.271 e. The van der Waals surface area contributed by atoms with Gasteiger partial charge in [-0.25, -0.2) is 0 Å². The zero-order valence-corrected chi connectivity index (χ0v) is 15.5. The van der Waals surface area contributed by atoms with Gasteiger partial charge in [-0.3, -0.25) is 19.9 Å². The van der Waals surface area contributed by atoms with Crippen molar-refractivity contribution in [2.75, 3.05) is 31.1 Å². The van der Waals surface area contributed by atoms with Gasteiger partial charge in [0.25, 0.3) is 5.69 Å². The van der Waals surface area contributed by atoms with Crippen LogP contribution in [0.15, 0.2) is 48.7 Å². The van der Waals surface area contributed by atoms with E-state index in [0.29, 0.717) is 26.2 Å². The van der Waals surface area contributed by atoms with Crippen molar-refractivity contribution >= 4 is 17.3 Å². The molecule has 0 saturated carbocycles. The van der Waals surface area contributed by atoms with Crippen LogP contribution >= 0.6 is 0 Å². The van der Waals surface area contributed by atoms with E-state index in [1.807, 2.05) is 29.2 Å². The molecule has 1 amide bonds. The van der Waals surface area contributed by atoms with Gasteiger partial charge < -0.3 is 9.80 Å². The first-order valence-corrected chi connectivity index (χ1v) is 9.29. The summed E-state index contributed by atoms with van der Waals surface area (Å²) >= 11 is 0. The Morgan fingerprint density at radius 1 is 1.19 bits per heavy atom. The SMILES string of the molecule is CCC[C@H](C(=O)N1CCN(c2cccc([N+](=O)[O-])c2)CC1)c1ccccn1. The molecular formula is C20H24N4O3. The molecule has 0 radical (unpaired) electrons. The van der Waals surface area contributed by atoms with Crippen LogP contribution in [0.4, 0.5) is 11.4 Å². The second-order valence-electron chi connectivity index (χ2n) is 6.69. The van der Waals surface area contributed by atoms with Crippen LogP contribution in [0.1, 0.15) is 31.4 Å². The second kappa shape index (κ2) is 8.62. The lowest BCUT2D eigenvalue weighted by molar-refractivity contribution is -0.384. The number of amides is 1. The standard InChI is InChI=1S/C20H24N4O3/c1-2-6-18(19-9-3-4-10-21-19)20(25)23-13-11-22(12-14-23)16-7-5-8-17(15-16)24(26)27/h3-5,7-10,15,18H,2,6,11-14H2,1H3/t18-/m0/s1. The molecular weight excluding hydrogens is 344 g/mol. The third-order valence-corrected chi connectivity index (χ3v) is 4.92. The molecule has 0 spiro atoms. The fourth-order valence-electron chi connectivity index (χ4n) is 3.48. The number of hydrogen-bond donors (Lipinski definition) is 0. The molecule has 1 fully saturated rings. The molecule has 1 aromatic heterocycles. The topological polar surface area (TPSA) is 79.6 Å². The molecule has 2 heterocycles. The van der Waals surface area contributed by atoms with E-state index in [2.05, 4.69) is 16.8 Å². The van der Waals surface area contributed by atoms with E-state index >= 15 is 0 Å². The van der Waals surface area contributed by atoms with Crippen molar-refractivity contribution in [2.24, 2.45) is 0 Å². The number of pyridine rings is 1. The Labute approximate surface area is 158 Å². The highest BCUT2D eigenvalue weighted by molar-refractivity contribution is 5.83. The van der Waals surface area contributed by atoms with Crippen molar-refractivity contribution < 1.29 is 9.72 Å². The van der Waals surface area contributed by atoms with Crippen LogP contribution in [0, 0.1) is 10.1 Å². The van der Waals surface area contributed by atoms with E-state index < -0.39 is 0 Å². The lowest BCUT2D eigenvalue weighted by Crippen LogP contribution is -2.50. The Balaban J connectivity index is 1.66. The van der Waals surface area contributed by atoms with Gasteiger partial charge in [0.15, 0.2) is 0 Å². The Morgan fingerprint density at radius 2 is 1.96 bits per heavy atom. The number of rotatable bonds is 6. The maximum absolute atomic E-state index is 13.1. The predicted octanol–water partition coefficient (Wildman–Crippen LogP) is 3.22. The van der Waals surface area contributed by atoms with Gasteiger partial charge in [0, 0.05) is 50.2 Å². The molecule has 1 atom stereocenters. The molecule has 2 aromatic rings. The van der Waals surface area contributed by atoms with Crippen LogP contribution in [0.25, 0.3) is 0 Å². The number of nitro groups is 1. The Morgan fingerprint density at radius 3 is 2.59 bits per heavy atom. The zero-order valence-electron chi connectivity index (χ0n) is 15.5. The lowest BCUT2D eigenvalue weighted by Gasteiger charge is -2.37. The highest BCUT2D eigenvalue weighted by atomic mass is 16.6. The highest BCUT2D eigenvalue weighted by Gasteiger charge is 2.29. The molecule has 1 aliphatic heterocycles. The Kier molecular flexibility index (Phi) is 6.01. The van der Waals surface area contributed by atoms with E-state index in [-0.39, 0.29) is 22.4 Å². The van der Waals surface area contributed by atoms with E-state index in [1.54, 1.807) is 18.3 Å². The molecule has 7 heteroatoms. The number of carbonyl (C=O) groups is 1. The number of hydrogen-bond acceptors (Lipinski definition) is 5. The molecule has 27 heavy (non-hydrogen) atoms. The quantitative estimate of drug-likeness (QED) is 0.578. The number of benzene rings is 1. The lowest BCUT2D eigenvalue weighted by atomic mass is 9.97. The van der Waals surface area contributed by atoms with Gasteiger partial charge in [0.05, 0.1) is 16.5 Å². The predicted molar refractivity (Wildman–Crippen MR) is 104 cm³/mol. The minimum atomic E-state index is -0.383. The van der Waals surface area contributed by atoms with Crippen molar-refractivity contribution in [3.63, 3.8) is 0 Å². The van der Waals surface area contributed by atoms with Crippen LogP contribution < -0.4 is 4.90 Å². The highest BCUT2D eigenvalue weighted by Crippen LogP contribution is 2.25.